The molecule has 1 aromatic heterocycles. The number of fused-ring (bicyclic) bond motifs is 1. The third-order valence-electron chi connectivity index (χ3n) is 3.65. The number of hydrogen-bond acceptors (Lipinski definition) is 1. The molecule has 0 aliphatic heterocycles. The lowest BCUT2D eigenvalue weighted by Crippen LogP contribution is -2.13. The van der Waals surface area contributed by atoms with Crippen LogP contribution in [-0.4, -0.2) is 11.6 Å². The number of hydrogen-bond donors (Lipinski definition) is 1. The standard InChI is InChI=1S/C15H19F3N2/c1-9(2)20-8-11(10(3)19-4)14-12(15(16,17)18)6-5-7-13(14)20/h5-10,19H,1-4H3. The molecule has 0 amide bonds. The van der Waals surface area contributed by atoms with Crippen LogP contribution in [-0.2, 0) is 6.18 Å². The van der Waals surface area contributed by atoms with Crippen LogP contribution in [0.5, 0.6) is 0 Å². The lowest BCUT2D eigenvalue weighted by atomic mass is 10.0. The summed E-state index contributed by atoms with van der Waals surface area (Å²) in [5, 5.41) is 3.33. The Kier molecular flexibility index (Phi) is 3.82. The fourth-order valence-corrected chi connectivity index (χ4v) is 2.49. The summed E-state index contributed by atoms with van der Waals surface area (Å²) in [5.74, 6) is 0. The van der Waals surface area contributed by atoms with Crippen LogP contribution in [0.25, 0.3) is 10.9 Å². The molecule has 0 bridgehead atoms. The van der Waals surface area contributed by atoms with E-state index in [2.05, 4.69) is 5.32 Å². The molecule has 20 heavy (non-hydrogen) atoms. The van der Waals surface area contributed by atoms with Gasteiger partial charge in [0.1, 0.15) is 0 Å². The van der Waals surface area contributed by atoms with Crippen molar-refractivity contribution in [2.75, 3.05) is 7.05 Å². The average molecular weight is 284 g/mol. The van der Waals surface area contributed by atoms with Crippen molar-refractivity contribution >= 4 is 10.9 Å². The van der Waals surface area contributed by atoms with Crippen molar-refractivity contribution < 1.29 is 13.2 Å². The zero-order valence-corrected chi connectivity index (χ0v) is 12.0. The summed E-state index contributed by atoms with van der Waals surface area (Å²) in [6, 6.07) is 4.34. The molecule has 2 nitrogen and oxygen atoms in total. The number of nitrogens with zero attached hydrogens (tertiary/aromatic N) is 1. The van der Waals surface area contributed by atoms with E-state index in [1.54, 1.807) is 13.1 Å². The van der Waals surface area contributed by atoms with Gasteiger partial charge in [0.05, 0.1) is 5.56 Å². The van der Waals surface area contributed by atoms with Crippen molar-refractivity contribution in [2.45, 2.75) is 39.0 Å². The van der Waals surface area contributed by atoms with Gasteiger partial charge in [0.15, 0.2) is 0 Å². The van der Waals surface area contributed by atoms with E-state index in [0.29, 0.717) is 16.5 Å². The summed E-state index contributed by atoms with van der Waals surface area (Å²) >= 11 is 0. The highest BCUT2D eigenvalue weighted by Gasteiger charge is 2.34. The van der Waals surface area contributed by atoms with Gasteiger partial charge < -0.3 is 9.88 Å². The number of nitrogens with one attached hydrogen (secondary N) is 1. The largest absolute Gasteiger partial charge is 0.417 e. The number of rotatable bonds is 3. The Morgan fingerprint density at radius 3 is 2.30 bits per heavy atom. The second kappa shape index (κ2) is 5.13. The molecule has 0 aliphatic carbocycles. The lowest BCUT2D eigenvalue weighted by Gasteiger charge is -2.13. The first-order valence-electron chi connectivity index (χ1n) is 6.65. The zero-order valence-electron chi connectivity index (χ0n) is 12.0. The van der Waals surface area contributed by atoms with Crippen molar-refractivity contribution in [1.29, 1.82) is 0 Å². The van der Waals surface area contributed by atoms with Gasteiger partial charge in [-0.1, -0.05) is 6.07 Å². The van der Waals surface area contributed by atoms with Gasteiger partial charge in [-0.15, -0.1) is 0 Å². The maximum atomic E-state index is 13.2. The highest BCUT2D eigenvalue weighted by atomic mass is 19.4. The first-order chi connectivity index (χ1) is 9.27. The Balaban J connectivity index is 2.84. The molecule has 1 heterocycles. The molecule has 1 N–H and O–H groups in total. The fourth-order valence-electron chi connectivity index (χ4n) is 2.49. The number of alkyl halides is 3. The number of benzene rings is 1. The van der Waals surface area contributed by atoms with E-state index >= 15 is 0 Å². The van der Waals surface area contributed by atoms with Crippen molar-refractivity contribution in [2.24, 2.45) is 0 Å². The van der Waals surface area contributed by atoms with Crippen LogP contribution >= 0.6 is 0 Å². The molecular formula is C15H19F3N2. The molecule has 1 aromatic carbocycles. The van der Waals surface area contributed by atoms with E-state index < -0.39 is 11.7 Å². The molecule has 5 heteroatoms. The highest BCUT2D eigenvalue weighted by molar-refractivity contribution is 5.88. The van der Waals surface area contributed by atoms with Crippen molar-refractivity contribution in [3.05, 3.63) is 35.5 Å². The molecule has 0 fully saturated rings. The quantitative estimate of drug-likeness (QED) is 0.876. The molecule has 0 spiro atoms. The summed E-state index contributed by atoms with van der Waals surface area (Å²) in [4.78, 5) is 0. The SMILES string of the molecule is CNC(C)c1cn(C(C)C)c2cccc(C(F)(F)F)c12. The molecule has 2 rings (SSSR count). The maximum absolute atomic E-state index is 13.2. The first kappa shape index (κ1) is 14.9. The Labute approximate surface area is 116 Å². The van der Waals surface area contributed by atoms with E-state index in [9.17, 15) is 13.2 Å². The fraction of sp³-hybridized carbons (Fsp3) is 0.467. The predicted octanol–water partition coefficient (Wildman–Crippen LogP) is 4.52. The van der Waals surface area contributed by atoms with Crippen molar-refractivity contribution in [3.63, 3.8) is 0 Å². The van der Waals surface area contributed by atoms with Gasteiger partial charge in [-0.05, 0) is 45.5 Å². The Morgan fingerprint density at radius 1 is 1.15 bits per heavy atom. The highest BCUT2D eigenvalue weighted by Crippen LogP contribution is 2.39. The van der Waals surface area contributed by atoms with Crippen molar-refractivity contribution in [1.82, 2.24) is 9.88 Å². The molecular weight excluding hydrogens is 265 g/mol. The van der Waals surface area contributed by atoms with Gasteiger partial charge in [0, 0.05) is 29.2 Å². The van der Waals surface area contributed by atoms with Crippen LogP contribution in [0.3, 0.4) is 0 Å². The summed E-state index contributed by atoms with van der Waals surface area (Å²) in [5.41, 5.74) is 0.752. The molecule has 110 valence electrons. The minimum Gasteiger partial charge on any atom is -0.345 e. The lowest BCUT2D eigenvalue weighted by molar-refractivity contribution is -0.136. The number of aromatic nitrogens is 1. The van der Waals surface area contributed by atoms with Crippen molar-refractivity contribution in [3.8, 4) is 0 Å². The third kappa shape index (κ3) is 2.42. The summed E-state index contributed by atoms with van der Waals surface area (Å²) in [7, 11) is 1.75. The normalized spacial score (nSPS) is 14.2. The molecule has 0 saturated carbocycles. The molecule has 0 saturated heterocycles. The minimum absolute atomic E-state index is 0.110. The van der Waals surface area contributed by atoms with E-state index in [-0.39, 0.29) is 12.1 Å². The molecule has 0 aliphatic rings. The Morgan fingerprint density at radius 2 is 1.80 bits per heavy atom. The van der Waals surface area contributed by atoms with Crippen LogP contribution in [0, 0.1) is 0 Å². The summed E-state index contributed by atoms with van der Waals surface area (Å²) in [6.07, 6.45) is -2.52. The van der Waals surface area contributed by atoms with Gasteiger partial charge in [0.2, 0.25) is 0 Å². The van der Waals surface area contributed by atoms with Gasteiger partial charge in [-0.3, -0.25) is 0 Å². The van der Waals surface area contributed by atoms with E-state index in [0.717, 1.165) is 6.07 Å². The second-order valence-electron chi connectivity index (χ2n) is 5.29. The van der Waals surface area contributed by atoms with Gasteiger partial charge in [-0.2, -0.15) is 13.2 Å². The maximum Gasteiger partial charge on any atom is 0.417 e. The van der Waals surface area contributed by atoms with Crippen LogP contribution in [0.1, 0.15) is 44.0 Å². The Hall–Kier alpha value is -1.49. The van der Waals surface area contributed by atoms with Crippen LogP contribution in [0.4, 0.5) is 13.2 Å². The van der Waals surface area contributed by atoms with E-state index in [4.69, 9.17) is 0 Å². The second-order valence-corrected chi connectivity index (χ2v) is 5.29. The van der Waals surface area contributed by atoms with Gasteiger partial charge >= 0.3 is 6.18 Å². The summed E-state index contributed by atoms with van der Waals surface area (Å²) in [6.45, 7) is 5.80. The summed E-state index contributed by atoms with van der Waals surface area (Å²) < 4.78 is 41.6. The molecule has 1 atom stereocenters. The predicted molar refractivity (Wildman–Crippen MR) is 74.8 cm³/mol. The Bertz CT molecular complexity index is 611. The zero-order chi connectivity index (χ0) is 15.1. The monoisotopic (exact) mass is 284 g/mol. The topological polar surface area (TPSA) is 17.0 Å². The van der Waals surface area contributed by atoms with Crippen LogP contribution in [0.2, 0.25) is 0 Å². The molecule has 2 aromatic rings. The first-order valence-corrected chi connectivity index (χ1v) is 6.65. The molecule has 0 radical (unpaired) electrons. The third-order valence-corrected chi connectivity index (χ3v) is 3.65. The minimum atomic E-state index is -4.34. The van der Waals surface area contributed by atoms with E-state index in [1.165, 1.54) is 6.07 Å². The van der Waals surface area contributed by atoms with Crippen LogP contribution < -0.4 is 5.32 Å². The van der Waals surface area contributed by atoms with Gasteiger partial charge in [-0.25, -0.2) is 0 Å². The smallest absolute Gasteiger partial charge is 0.345 e. The van der Waals surface area contributed by atoms with Crippen LogP contribution in [0.15, 0.2) is 24.4 Å². The molecule has 1 unspecified atom stereocenters. The average Bonchev–Trinajstić information content (AvgIpc) is 2.76. The van der Waals surface area contributed by atoms with Gasteiger partial charge in [0.25, 0.3) is 0 Å². The number of halogens is 3. The van der Waals surface area contributed by atoms with E-state index in [1.807, 2.05) is 31.5 Å².